The number of para-hydroxylation sites is 1. The summed E-state index contributed by atoms with van der Waals surface area (Å²) in [5.41, 5.74) is 1.25. The lowest BCUT2D eigenvalue weighted by Gasteiger charge is -2.05. The lowest BCUT2D eigenvalue weighted by Crippen LogP contribution is -2.13. The number of fused-ring (bicyclic) bond motifs is 1. The Morgan fingerprint density at radius 3 is 3.05 bits per heavy atom. The summed E-state index contributed by atoms with van der Waals surface area (Å²) in [4.78, 5) is 16.4. The van der Waals surface area contributed by atoms with Crippen molar-refractivity contribution in [3.8, 4) is 5.13 Å². The number of nitrogens with zero attached hydrogens (tertiary/aromatic N) is 2. The Balaban J connectivity index is 1.99. The van der Waals surface area contributed by atoms with Gasteiger partial charge in [0.25, 0.3) is 5.56 Å². The maximum absolute atomic E-state index is 12.0. The molecule has 0 amide bonds. The van der Waals surface area contributed by atoms with Crippen molar-refractivity contribution in [3.05, 3.63) is 46.4 Å². The number of hydrogen-bond donors (Lipinski definition) is 2. The summed E-state index contributed by atoms with van der Waals surface area (Å²) in [6, 6.07) is 9.14. The van der Waals surface area contributed by atoms with E-state index in [0.717, 1.165) is 10.2 Å². The van der Waals surface area contributed by atoms with Gasteiger partial charge in [0.1, 0.15) is 0 Å². The Hall–Kier alpha value is -1.96. The average Bonchev–Trinajstić information content (AvgIpc) is 3.01. The van der Waals surface area contributed by atoms with E-state index >= 15 is 0 Å². The quantitative estimate of drug-likeness (QED) is 0.710. The Morgan fingerprint density at radius 1 is 1.50 bits per heavy atom. The van der Waals surface area contributed by atoms with E-state index in [4.69, 9.17) is 4.74 Å². The SMILES string of the molecule is COC(O)Cc1cc(=O)n(-c2nc3ccccc3s2)[nH]1. The van der Waals surface area contributed by atoms with Crippen molar-refractivity contribution < 1.29 is 9.84 Å². The van der Waals surface area contributed by atoms with E-state index < -0.39 is 6.29 Å². The van der Waals surface area contributed by atoms with Crippen molar-refractivity contribution in [3.63, 3.8) is 0 Å². The third kappa shape index (κ3) is 2.38. The zero-order valence-corrected chi connectivity index (χ0v) is 11.6. The smallest absolute Gasteiger partial charge is 0.273 e. The number of ether oxygens (including phenoxy) is 1. The van der Waals surface area contributed by atoms with E-state index in [9.17, 15) is 9.90 Å². The van der Waals surface area contributed by atoms with Gasteiger partial charge in [-0.15, -0.1) is 0 Å². The maximum atomic E-state index is 12.0. The first kappa shape index (κ1) is 13.0. The molecule has 0 bridgehead atoms. The van der Waals surface area contributed by atoms with Gasteiger partial charge in [0.2, 0.25) is 5.13 Å². The molecule has 1 atom stereocenters. The summed E-state index contributed by atoms with van der Waals surface area (Å²) in [6.07, 6.45) is -0.708. The number of nitrogens with one attached hydrogen (secondary N) is 1. The second kappa shape index (κ2) is 5.20. The number of H-pyrrole nitrogens is 1. The molecule has 7 heteroatoms. The lowest BCUT2D eigenvalue weighted by atomic mass is 10.3. The predicted molar refractivity (Wildman–Crippen MR) is 76.3 cm³/mol. The zero-order valence-electron chi connectivity index (χ0n) is 10.7. The van der Waals surface area contributed by atoms with Crippen LogP contribution in [0.5, 0.6) is 0 Å². The molecule has 0 radical (unpaired) electrons. The minimum atomic E-state index is -0.933. The van der Waals surface area contributed by atoms with Gasteiger partial charge in [-0.2, -0.15) is 4.68 Å². The highest BCUT2D eigenvalue weighted by Gasteiger charge is 2.12. The van der Waals surface area contributed by atoms with Gasteiger partial charge in [-0.1, -0.05) is 23.5 Å². The summed E-state index contributed by atoms with van der Waals surface area (Å²) in [5.74, 6) is 0. The van der Waals surface area contributed by atoms with Crippen molar-refractivity contribution >= 4 is 21.6 Å². The summed E-state index contributed by atoms with van der Waals surface area (Å²) in [5, 5.41) is 12.9. The molecule has 0 saturated carbocycles. The van der Waals surface area contributed by atoms with Gasteiger partial charge in [-0.3, -0.25) is 9.89 Å². The molecule has 3 aromatic rings. The fraction of sp³-hybridized carbons (Fsp3) is 0.231. The van der Waals surface area contributed by atoms with E-state index in [1.165, 1.54) is 29.2 Å². The third-order valence-corrected chi connectivity index (χ3v) is 3.94. The number of rotatable bonds is 4. The fourth-order valence-electron chi connectivity index (χ4n) is 1.92. The van der Waals surface area contributed by atoms with Gasteiger partial charge in [0.05, 0.1) is 10.2 Å². The average molecular weight is 291 g/mol. The molecule has 0 aliphatic heterocycles. The molecule has 0 spiro atoms. The van der Waals surface area contributed by atoms with Crippen LogP contribution in [-0.2, 0) is 11.2 Å². The highest BCUT2D eigenvalue weighted by molar-refractivity contribution is 7.20. The van der Waals surface area contributed by atoms with Crippen LogP contribution in [-0.4, -0.2) is 33.3 Å². The molecular weight excluding hydrogens is 278 g/mol. The Kier molecular flexibility index (Phi) is 3.39. The highest BCUT2D eigenvalue weighted by Crippen LogP contribution is 2.23. The van der Waals surface area contributed by atoms with Gasteiger partial charge in [-0.25, -0.2) is 4.98 Å². The van der Waals surface area contributed by atoms with Crippen LogP contribution in [0.4, 0.5) is 0 Å². The summed E-state index contributed by atoms with van der Waals surface area (Å²) < 4.78 is 7.16. The monoisotopic (exact) mass is 291 g/mol. The van der Waals surface area contributed by atoms with Gasteiger partial charge in [-0.05, 0) is 12.1 Å². The summed E-state index contributed by atoms with van der Waals surface area (Å²) in [6.45, 7) is 0. The minimum absolute atomic E-state index is 0.206. The highest BCUT2D eigenvalue weighted by atomic mass is 32.1. The Morgan fingerprint density at radius 2 is 2.30 bits per heavy atom. The molecule has 0 aliphatic rings. The molecule has 0 saturated heterocycles. The number of methoxy groups -OCH3 is 1. The van der Waals surface area contributed by atoms with Crippen molar-refractivity contribution in [2.75, 3.05) is 7.11 Å². The molecule has 0 aliphatic carbocycles. The largest absolute Gasteiger partial charge is 0.368 e. The molecule has 0 fully saturated rings. The minimum Gasteiger partial charge on any atom is -0.368 e. The van der Waals surface area contributed by atoms with E-state index in [0.29, 0.717) is 10.8 Å². The summed E-state index contributed by atoms with van der Waals surface area (Å²) >= 11 is 1.43. The number of thiazole rings is 1. The molecule has 3 rings (SSSR count). The number of benzene rings is 1. The van der Waals surface area contributed by atoms with Crippen LogP contribution >= 0.6 is 11.3 Å². The van der Waals surface area contributed by atoms with Crippen LogP contribution in [0.15, 0.2) is 35.1 Å². The van der Waals surface area contributed by atoms with Gasteiger partial charge < -0.3 is 9.84 Å². The molecule has 104 valence electrons. The second-order valence-corrected chi connectivity index (χ2v) is 5.32. The lowest BCUT2D eigenvalue weighted by molar-refractivity contribution is -0.0726. The van der Waals surface area contributed by atoms with Crippen molar-refractivity contribution in [2.24, 2.45) is 0 Å². The van der Waals surface area contributed by atoms with E-state index in [-0.39, 0.29) is 12.0 Å². The number of aromatic nitrogens is 3. The number of aliphatic hydroxyl groups excluding tert-OH is 1. The van der Waals surface area contributed by atoms with Crippen molar-refractivity contribution in [1.82, 2.24) is 14.8 Å². The van der Waals surface area contributed by atoms with Gasteiger partial charge >= 0.3 is 0 Å². The zero-order chi connectivity index (χ0) is 14.1. The number of aliphatic hydroxyl groups is 1. The molecule has 1 aromatic carbocycles. The van der Waals surface area contributed by atoms with Crippen LogP contribution in [0, 0.1) is 0 Å². The summed E-state index contributed by atoms with van der Waals surface area (Å²) in [7, 11) is 1.41. The van der Waals surface area contributed by atoms with Crippen LogP contribution in [0.2, 0.25) is 0 Å². The van der Waals surface area contributed by atoms with Crippen LogP contribution in [0.25, 0.3) is 15.3 Å². The molecule has 6 nitrogen and oxygen atoms in total. The first-order valence-electron chi connectivity index (χ1n) is 6.05. The third-order valence-electron chi connectivity index (χ3n) is 2.91. The fourth-order valence-corrected chi connectivity index (χ4v) is 2.85. The van der Waals surface area contributed by atoms with Gasteiger partial charge in [0.15, 0.2) is 6.29 Å². The first-order chi connectivity index (χ1) is 9.67. The molecule has 1 unspecified atom stereocenters. The van der Waals surface area contributed by atoms with E-state index in [1.807, 2.05) is 24.3 Å². The predicted octanol–water partition coefficient (Wildman–Crippen LogP) is 1.28. The number of aromatic amines is 1. The second-order valence-electron chi connectivity index (χ2n) is 4.31. The Labute approximate surface area is 118 Å². The molecule has 2 aromatic heterocycles. The maximum Gasteiger partial charge on any atom is 0.273 e. The Bertz CT molecular complexity index is 756. The van der Waals surface area contributed by atoms with Crippen molar-refractivity contribution in [1.29, 1.82) is 0 Å². The van der Waals surface area contributed by atoms with Crippen LogP contribution < -0.4 is 5.56 Å². The van der Waals surface area contributed by atoms with Gasteiger partial charge in [0, 0.05) is 25.3 Å². The van der Waals surface area contributed by atoms with E-state index in [1.54, 1.807) is 0 Å². The molecule has 20 heavy (non-hydrogen) atoms. The first-order valence-corrected chi connectivity index (χ1v) is 6.87. The van der Waals surface area contributed by atoms with Crippen molar-refractivity contribution in [2.45, 2.75) is 12.7 Å². The topological polar surface area (TPSA) is 80.1 Å². The molecule has 2 heterocycles. The normalized spacial score (nSPS) is 12.9. The van der Waals surface area contributed by atoms with Crippen LogP contribution in [0.3, 0.4) is 0 Å². The van der Waals surface area contributed by atoms with E-state index in [2.05, 4.69) is 10.1 Å². The standard InChI is InChI=1S/C13H13N3O3S/c1-19-12(18)7-8-6-11(17)16(15-8)13-14-9-4-2-3-5-10(9)20-13/h2-6,12,15,18H,7H2,1H3. The molecule has 2 N–H and O–H groups in total. The van der Waals surface area contributed by atoms with Crippen LogP contribution in [0.1, 0.15) is 5.69 Å². The molecular formula is C13H13N3O3S. The number of hydrogen-bond acceptors (Lipinski definition) is 5.